The summed E-state index contributed by atoms with van der Waals surface area (Å²) in [6.07, 6.45) is 1.88. The second-order valence-electron chi connectivity index (χ2n) is 5.63. The number of rotatable bonds is 5. The van der Waals surface area contributed by atoms with Gasteiger partial charge in [0.05, 0.1) is 11.9 Å². The molecule has 0 saturated carbocycles. The van der Waals surface area contributed by atoms with E-state index in [4.69, 9.17) is 0 Å². The summed E-state index contributed by atoms with van der Waals surface area (Å²) in [7, 11) is 0. The molecule has 0 spiro atoms. The maximum atomic E-state index is 13.7. The monoisotopic (exact) mass is 309 g/mol. The SMILES string of the molecule is Cc1c(C(C)NCc2ccccc2F)cnn1-c1ccccc1. The highest BCUT2D eigenvalue weighted by atomic mass is 19.1. The molecule has 1 unspecified atom stereocenters. The van der Waals surface area contributed by atoms with Gasteiger partial charge in [-0.1, -0.05) is 36.4 Å². The van der Waals surface area contributed by atoms with Gasteiger partial charge >= 0.3 is 0 Å². The van der Waals surface area contributed by atoms with E-state index in [1.54, 1.807) is 12.1 Å². The summed E-state index contributed by atoms with van der Waals surface area (Å²) in [5.74, 6) is -0.177. The van der Waals surface area contributed by atoms with Crippen molar-refractivity contribution >= 4 is 0 Å². The van der Waals surface area contributed by atoms with E-state index < -0.39 is 0 Å². The van der Waals surface area contributed by atoms with Gasteiger partial charge in [0.25, 0.3) is 0 Å². The molecule has 0 saturated heterocycles. The lowest BCUT2D eigenvalue weighted by Crippen LogP contribution is -2.19. The van der Waals surface area contributed by atoms with Gasteiger partial charge in [-0.15, -0.1) is 0 Å². The summed E-state index contributed by atoms with van der Waals surface area (Å²) in [6.45, 7) is 4.61. The largest absolute Gasteiger partial charge is 0.306 e. The van der Waals surface area contributed by atoms with Crippen molar-refractivity contribution in [3.63, 3.8) is 0 Å². The molecule has 3 nitrogen and oxygen atoms in total. The molecule has 0 aliphatic heterocycles. The van der Waals surface area contributed by atoms with E-state index in [1.807, 2.05) is 47.3 Å². The molecule has 0 aliphatic rings. The maximum absolute atomic E-state index is 13.7. The molecular formula is C19H20FN3. The van der Waals surface area contributed by atoms with Gasteiger partial charge in [-0.05, 0) is 32.0 Å². The Morgan fingerprint density at radius 2 is 1.78 bits per heavy atom. The zero-order chi connectivity index (χ0) is 16.2. The van der Waals surface area contributed by atoms with Crippen LogP contribution in [0.15, 0.2) is 60.8 Å². The summed E-state index contributed by atoms with van der Waals surface area (Å²) >= 11 is 0. The lowest BCUT2D eigenvalue weighted by atomic mass is 10.1. The topological polar surface area (TPSA) is 29.9 Å². The van der Waals surface area contributed by atoms with Gasteiger partial charge in [0.15, 0.2) is 0 Å². The van der Waals surface area contributed by atoms with Crippen molar-refractivity contribution in [2.75, 3.05) is 0 Å². The van der Waals surface area contributed by atoms with Crippen LogP contribution in [-0.4, -0.2) is 9.78 Å². The number of nitrogens with zero attached hydrogens (tertiary/aromatic N) is 2. The first-order valence-electron chi connectivity index (χ1n) is 7.73. The second-order valence-corrected chi connectivity index (χ2v) is 5.63. The van der Waals surface area contributed by atoms with Crippen LogP contribution in [0.5, 0.6) is 0 Å². The van der Waals surface area contributed by atoms with Crippen LogP contribution >= 0.6 is 0 Å². The Labute approximate surface area is 135 Å². The third-order valence-electron chi connectivity index (χ3n) is 4.07. The lowest BCUT2D eigenvalue weighted by Gasteiger charge is -2.14. The molecule has 2 aromatic carbocycles. The van der Waals surface area contributed by atoms with Crippen LogP contribution in [0.1, 0.15) is 29.8 Å². The molecule has 1 atom stereocenters. The van der Waals surface area contributed by atoms with Gasteiger partial charge in [0.1, 0.15) is 5.82 Å². The molecule has 0 bridgehead atoms. The lowest BCUT2D eigenvalue weighted by molar-refractivity contribution is 0.542. The van der Waals surface area contributed by atoms with Gasteiger partial charge in [-0.2, -0.15) is 5.10 Å². The van der Waals surface area contributed by atoms with E-state index in [2.05, 4.69) is 24.3 Å². The summed E-state index contributed by atoms with van der Waals surface area (Å²) in [4.78, 5) is 0. The van der Waals surface area contributed by atoms with Crippen LogP contribution < -0.4 is 5.32 Å². The van der Waals surface area contributed by atoms with Gasteiger partial charge in [0.2, 0.25) is 0 Å². The van der Waals surface area contributed by atoms with Crippen LogP contribution in [0.3, 0.4) is 0 Å². The molecule has 3 rings (SSSR count). The predicted octanol–water partition coefficient (Wildman–Crippen LogP) is 4.17. The number of halogens is 1. The Morgan fingerprint density at radius 3 is 2.52 bits per heavy atom. The third kappa shape index (κ3) is 3.32. The molecular weight excluding hydrogens is 289 g/mol. The number of nitrogens with one attached hydrogen (secondary N) is 1. The van der Waals surface area contributed by atoms with E-state index in [0.717, 1.165) is 16.9 Å². The molecule has 0 aliphatic carbocycles. The van der Waals surface area contributed by atoms with Crippen molar-refractivity contribution in [1.82, 2.24) is 15.1 Å². The quantitative estimate of drug-likeness (QED) is 0.766. The molecule has 118 valence electrons. The van der Waals surface area contributed by atoms with Gasteiger partial charge < -0.3 is 5.32 Å². The first kappa shape index (κ1) is 15.4. The minimum atomic E-state index is -0.177. The summed E-state index contributed by atoms with van der Waals surface area (Å²) in [6, 6.07) is 17.0. The smallest absolute Gasteiger partial charge is 0.127 e. The molecule has 1 heterocycles. The summed E-state index contributed by atoms with van der Waals surface area (Å²) in [5, 5.41) is 7.85. The van der Waals surface area contributed by atoms with Crippen molar-refractivity contribution in [3.8, 4) is 5.69 Å². The van der Waals surface area contributed by atoms with Gasteiger partial charge in [-0.25, -0.2) is 9.07 Å². The van der Waals surface area contributed by atoms with E-state index in [-0.39, 0.29) is 11.9 Å². The normalized spacial score (nSPS) is 12.3. The van der Waals surface area contributed by atoms with Crippen LogP contribution in [0.4, 0.5) is 4.39 Å². The Hall–Kier alpha value is -2.46. The highest BCUT2D eigenvalue weighted by molar-refractivity contribution is 5.35. The Bertz CT molecular complexity index is 780. The number of hydrogen-bond acceptors (Lipinski definition) is 2. The summed E-state index contributed by atoms with van der Waals surface area (Å²) in [5.41, 5.74) is 3.92. The van der Waals surface area contributed by atoms with E-state index >= 15 is 0 Å². The molecule has 1 aromatic heterocycles. The zero-order valence-electron chi connectivity index (χ0n) is 13.3. The first-order chi connectivity index (χ1) is 11.2. The molecule has 0 fully saturated rings. The highest BCUT2D eigenvalue weighted by Gasteiger charge is 2.14. The van der Waals surface area contributed by atoms with Gasteiger partial charge in [-0.3, -0.25) is 0 Å². The van der Waals surface area contributed by atoms with Crippen LogP contribution in [0, 0.1) is 12.7 Å². The first-order valence-corrected chi connectivity index (χ1v) is 7.73. The fraction of sp³-hybridized carbons (Fsp3) is 0.211. The Balaban J connectivity index is 1.75. The standard InChI is InChI=1S/C19H20FN3/c1-14(21-12-16-8-6-7-11-19(16)20)18-13-22-23(15(18)2)17-9-4-3-5-10-17/h3-11,13-14,21H,12H2,1-2H3. The molecule has 3 aromatic rings. The zero-order valence-corrected chi connectivity index (χ0v) is 13.3. The number of aromatic nitrogens is 2. The fourth-order valence-corrected chi connectivity index (χ4v) is 2.69. The Morgan fingerprint density at radius 1 is 1.09 bits per heavy atom. The molecule has 1 N–H and O–H groups in total. The fourth-order valence-electron chi connectivity index (χ4n) is 2.69. The van der Waals surface area contributed by atoms with Crippen molar-refractivity contribution in [2.24, 2.45) is 0 Å². The highest BCUT2D eigenvalue weighted by Crippen LogP contribution is 2.20. The van der Waals surface area contributed by atoms with Gasteiger partial charge in [0, 0.05) is 29.4 Å². The molecule has 0 radical (unpaired) electrons. The van der Waals surface area contributed by atoms with Crippen LogP contribution in [-0.2, 0) is 6.54 Å². The average molecular weight is 309 g/mol. The van der Waals surface area contributed by atoms with Crippen molar-refractivity contribution in [3.05, 3.63) is 83.4 Å². The molecule has 0 amide bonds. The third-order valence-corrected chi connectivity index (χ3v) is 4.07. The molecule has 23 heavy (non-hydrogen) atoms. The van der Waals surface area contributed by atoms with E-state index in [9.17, 15) is 4.39 Å². The number of para-hydroxylation sites is 1. The maximum Gasteiger partial charge on any atom is 0.127 e. The van der Waals surface area contributed by atoms with Crippen molar-refractivity contribution in [2.45, 2.75) is 26.4 Å². The van der Waals surface area contributed by atoms with Crippen LogP contribution in [0.2, 0.25) is 0 Å². The second kappa shape index (κ2) is 6.75. The van der Waals surface area contributed by atoms with E-state index in [1.165, 1.54) is 6.07 Å². The Kier molecular flexibility index (Phi) is 4.53. The predicted molar refractivity (Wildman–Crippen MR) is 90.0 cm³/mol. The minimum Gasteiger partial charge on any atom is -0.306 e. The van der Waals surface area contributed by atoms with Crippen molar-refractivity contribution < 1.29 is 4.39 Å². The average Bonchev–Trinajstić information content (AvgIpc) is 2.96. The minimum absolute atomic E-state index is 0.0899. The number of benzene rings is 2. The van der Waals surface area contributed by atoms with Crippen molar-refractivity contribution in [1.29, 1.82) is 0 Å². The summed E-state index contributed by atoms with van der Waals surface area (Å²) < 4.78 is 15.6. The van der Waals surface area contributed by atoms with Crippen LogP contribution in [0.25, 0.3) is 5.69 Å². The van der Waals surface area contributed by atoms with E-state index in [0.29, 0.717) is 12.1 Å². The molecule has 4 heteroatoms. The number of hydrogen-bond donors (Lipinski definition) is 1.